The second-order valence-corrected chi connectivity index (χ2v) is 8.40. The van der Waals surface area contributed by atoms with E-state index in [2.05, 4.69) is 20.6 Å². The number of amides is 1. The average Bonchev–Trinajstić information content (AvgIpc) is 3.47. The van der Waals surface area contributed by atoms with E-state index in [0.29, 0.717) is 49.3 Å². The minimum atomic E-state index is -2.93. The SMILES string of the molecule is Cc1cc(Nc2nc(N3CCN(C(=O)c4ccc(C(C)(F)F)cc4)CC3)nn3cccc23)n[nH]1. The summed E-state index contributed by atoms with van der Waals surface area (Å²) in [5, 5.41) is 15.0. The summed E-state index contributed by atoms with van der Waals surface area (Å²) in [5.41, 5.74) is 2.04. The van der Waals surface area contributed by atoms with Crippen molar-refractivity contribution in [2.24, 2.45) is 0 Å². The molecule has 4 aromatic rings. The topological polar surface area (TPSA) is 94.5 Å². The molecule has 4 heterocycles. The molecule has 5 rings (SSSR count). The lowest BCUT2D eigenvalue weighted by molar-refractivity contribution is 0.0174. The average molecular weight is 466 g/mol. The van der Waals surface area contributed by atoms with Crippen molar-refractivity contribution in [3.05, 3.63) is 65.5 Å². The highest BCUT2D eigenvalue weighted by Crippen LogP contribution is 2.27. The van der Waals surface area contributed by atoms with E-state index in [1.54, 1.807) is 9.42 Å². The standard InChI is InChI=1S/C23H24F2N8O/c1-15-14-19(29-28-15)26-20-18-4-3-9-33(18)30-22(27-20)32-12-10-31(11-13-32)21(34)16-5-7-17(8-6-16)23(2,24)25/h3-9,14H,10-13H2,1-2H3,(H2,26,27,28,29,30). The summed E-state index contributed by atoms with van der Waals surface area (Å²) in [6.45, 7) is 4.80. The van der Waals surface area contributed by atoms with Crippen molar-refractivity contribution < 1.29 is 13.6 Å². The highest BCUT2D eigenvalue weighted by molar-refractivity contribution is 5.94. The molecule has 11 heteroatoms. The van der Waals surface area contributed by atoms with Gasteiger partial charge in [0.15, 0.2) is 11.6 Å². The van der Waals surface area contributed by atoms with Crippen LogP contribution in [0.2, 0.25) is 0 Å². The third-order valence-electron chi connectivity index (χ3n) is 5.82. The van der Waals surface area contributed by atoms with Crippen LogP contribution in [0, 0.1) is 6.92 Å². The molecule has 0 spiro atoms. The molecule has 2 N–H and O–H groups in total. The van der Waals surface area contributed by atoms with Crippen LogP contribution in [0.3, 0.4) is 0 Å². The van der Waals surface area contributed by atoms with Gasteiger partial charge in [0, 0.05) is 62.2 Å². The van der Waals surface area contributed by atoms with E-state index in [4.69, 9.17) is 4.98 Å². The maximum Gasteiger partial charge on any atom is 0.270 e. The molecule has 1 aliphatic heterocycles. The first kappa shape index (κ1) is 21.8. The van der Waals surface area contributed by atoms with Crippen LogP contribution in [0.1, 0.15) is 28.5 Å². The molecule has 0 saturated carbocycles. The molecule has 0 unspecified atom stereocenters. The Hall–Kier alpha value is -4.02. The van der Waals surface area contributed by atoms with Crippen LogP contribution in [0.15, 0.2) is 48.7 Å². The van der Waals surface area contributed by atoms with Crippen LogP contribution in [-0.2, 0) is 5.92 Å². The summed E-state index contributed by atoms with van der Waals surface area (Å²) in [4.78, 5) is 21.3. The van der Waals surface area contributed by atoms with Gasteiger partial charge in [-0.1, -0.05) is 12.1 Å². The van der Waals surface area contributed by atoms with Gasteiger partial charge >= 0.3 is 0 Å². The minimum Gasteiger partial charge on any atom is -0.336 e. The Kier molecular flexibility index (Phi) is 5.39. The van der Waals surface area contributed by atoms with Gasteiger partial charge in [-0.3, -0.25) is 9.89 Å². The minimum absolute atomic E-state index is 0.110. The number of hydrogen-bond donors (Lipinski definition) is 2. The third-order valence-corrected chi connectivity index (χ3v) is 5.82. The van der Waals surface area contributed by atoms with Crippen molar-refractivity contribution in [3.8, 4) is 0 Å². The van der Waals surface area contributed by atoms with Gasteiger partial charge in [0.25, 0.3) is 11.8 Å². The number of carbonyl (C=O) groups is 1. The third kappa shape index (κ3) is 4.28. The molecule has 9 nitrogen and oxygen atoms in total. The molecule has 34 heavy (non-hydrogen) atoms. The molecule has 1 aromatic carbocycles. The number of aromatic nitrogens is 5. The van der Waals surface area contributed by atoms with Crippen molar-refractivity contribution in [2.45, 2.75) is 19.8 Å². The van der Waals surface area contributed by atoms with E-state index in [-0.39, 0.29) is 11.5 Å². The maximum atomic E-state index is 13.5. The molecule has 1 amide bonds. The molecule has 0 radical (unpaired) electrons. The van der Waals surface area contributed by atoms with Crippen molar-refractivity contribution in [1.29, 1.82) is 0 Å². The second kappa shape index (κ2) is 8.40. The van der Waals surface area contributed by atoms with Crippen molar-refractivity contribution >= 4 is 29.0 Å². The molecule has 0 aliphatic carbocycles. The number of fused-ring (bicyclic) bond motifs is 1. The number of H-pyrrole nitrogens is 1. The fourth-order valence-corrected chi connectivity index (χ4v) is 3.95. The predicted octanol–water partition coefficient (Wildman–Crippen LogP) is 3.58. The number of aromatic amines is 1. The molecule has 1 fully saturated rings. The van der Waals surface area contributed by atoms with Crippen molar-refractivity contribution in [1.82, 2.24) is 29.7 Å². The Morgan fingerprint density at radius 3 is 2.50 bits per heavy atom. The Morgan fingerprint density at radius 2 is 1.85 bits per heavy atom. The van der Waals surface area contributed by atoms with Crippen molar-refractivity contribution in [3.63, 3.8) is 0 Å². The molecule has 0 bridgehead atoms. The number of nitrogens with one attached hydrogen (secondary N) is 2. The van der Waals surface area contributed by atoms with Gasteiger partial charge in [-0.2, -0.15) is 10.1 Å². The first-order valence-electron chi connectivity index (χ1n) is 10.9. The van der Waals surface area contributed by atoms with Gasteiger partial charge in [0.2, 0.25) is 5.95 Å². The van der Waals surface area contributed by atoms with Crippen LogP contribution >= 0.6 is 0 Å². The number of nitrogens with zero attached hydrogens (tertiary/aromatic N) is 6. The molecule has 0 atom stereocenters. The molecule has 3 aromatic heterocycles. The zero-order valence-corrected chi connectivity index (χ0v) is 18.8. The Bertz CT molecular complexity index is 1320. The van der Waals surface area contributed by atoms with E-state index >= 15 is 0 Å². The van der Waals surface area contributed by atoms with E-state index in [1.807, 2.05) is 36.2 Å². The largest absolute Gasteiger partial charge is 0.336 e. The second-order valence-electron chi connectivity index (χ2n) is 8.40. The van der Waals surface area contributed by atoms with Crippen LogP contribution < -0.4 is 10.2 Å². The first-order valence-corrected chi connectivity index (χ1v) is 10.9. The monoisotopic (exact) mass is 466 g/mol. The zero-order chi connectivity index (χ0) is 23.9. The fraction of sp³-hybridized carbons (Fsp3) is 0.304. The molecule has 176 valence electrons. The number of carbonyl (C=O) groups excluding carboxylic acids is 1. The number of benzene rings is 1. The Morgan fingerprint density at radius 1 is 1.12 bits per heavy atom. The highest BCUT2D eigenvalue weighted by Gasteiger charge is 2.27. The van der Waals surface area contributed by atoms with Crippen LogP contribution in [0.5, 0.6) is 0 Å². The van der Waals surface area contributed by atoms with Gasteiger partial charge in [0.05, 0.1) is 0 Å². The van der Waals surface area contributed by atoms with E-state index in [0.717, 1.165) is 18.1 Å². The normalized spacial score (nSPS) is 14.6. The number of aryl methyl sites for hydroxylation is 1. The molecule has 1 saturated heterocycles. The van der Waals surface area contributed by atoms with Crippen LogP contribution in [0.25, 0.3) is 5.52 Å². The fourth-order valence-electron chi connectivity index (χ4n) is 3.95. The highest BCUT2D eigenvalue weighted by atomic mass is 19.3. The molecular weight excluding hydrogens is 442 g/mol. The summed E-state index contributed by atoms with van der Waals surface area (Å²) in [7, 11) is 0. The lowest BCUT2D eigenvalue weighted by Gasteiger charge is -2.34. The summed E-state index contributed by atoms with van der Waals surface area (Å²) in [5.74, 6) is -1.28. The van der Waals surface area contributed by atoms with Gasteiger partial charge in [-0.25, -0.2) is 13.3 Å². The van der Waals surface area contributed by atoms with Crippen LogP contribution in [0.4, 0.5) is 26.4 Å². The predicted molar refractivity (Wildman–Crippen MR) is 124 cm³/mol. The van der Waals surface area contributed by atoms with Gasteiger partial charge < -0.3 is 15.1 Å². The van der Waals surface area contributed by atoms with Gasteiger partial charge in [-0.15, -0.1) is 5.10 Å². The number of hydrogen-bond acceptors (Lipinski definition) is 6. The van der Waals surface area contributed by atoms with Crippen molar-refractivity contribution in [2.75, 3.05) is 36.4 Å². The number of halogens is 2. The van der Waals surface area contributed by atoms with E-state index in [9.17, 15) is 13.6 Å². The lowest BCUT2D eigenvalue weighted by atomic mass is 10.1. The zero-order valence-electron chi connectivity index (χ0n) is 18.8. The Labute approximate surface area is 194 Å². The van der Waals surface area contributed by atoms with E-state index in [1.165, 1.54) is 24.3 Å². The smallest absolute Gasteiger partial charge is 0.270 e. The quantitative estimate of drug-likeness (QED) is 0.467. The summed E-state index contributed by atoms with van der Waals surface area (Å²) in [6.07, 6.45) is 1.85. The van der Waals surface area contributed by atoms with E-state index < -0.39 is 5.92 Å². The summed E-state index contributed by atoms with van der Waals surface area (Å²) < 4.78 is 28.7. The summed E-state index contributed by atoms with van der Waals surface area (Å²) >= 11 is 0. The summed E-state index contributed by atoms with van der Waals surface area (Å²) in [6, 6.07) is 11.2. The number of piperazine rings is 1. The van der Waals surface area contributed by atoms with Gasteiger partial charge in [-0.05, 0) is 31.2 Å². The first-order chi connectivity index (χ1) is 16.3. The Balaban J connectivity index is 1.30. The lowest BCUT2D eigenvalue weighted by Crippen LogP contribution is -2.49. The number of anilines is 3. The van der Waals surface area contributed by atoms with Crippen LogP contribution in [-0.4, -0.2) is 61.8 Å². The number of alkyl halides is 2. The number of rotatable bonds is 5. The maximum absolute atomic E-state index is 13.5. The van der Waals surface area contributed by atoms with Gasteiger partial charge in [0.1, 0.15) is 5.52 Å². The molecule has 1 aliphatic rings. The molecular formula is C23H24F2N8O.